The van der Waals surface area contributed by atoms with Crippen LogP contribution >= 0.6 is 0 Å². The summed E-state index contributed by atoms with van der Waals surface area (Å²) in [7, 11) is 4.04. The first-order chi connectivity index (χ1) is 13.1. The van der Waals surface area contributed by atoms with Crippen molar-refractivity contribution in [2.45, 2.75) is 32.0 Å². The molecule has 0 aliphatic carbocycles. The van der Waals surface area contributed by atoms with E-state index in [1.165, 1.54) is 11.1 Å². The first-order valence-electron chi connectivity index (χ1n) is 9.41. The standard InChI is InChI=1S/C21H25N5O/c1-24-14-17-8-4-3-7-16(17)13-18(24)15-25(2)21(27)11-12-26-20-10-6-5-9-19(20)22-23-26/h3-10,18H,11-15H2,1-2H3/t18-/m0/s1. The SMILES string of the molecule is CN(C[C@@H]1Cc2ccccc2CN1C)C(=O)CCn1nnc2ccccc21. The zero-order chi connectivity index (χ0) is 18.8. The van der Waals surface area contributed by atoms with Gasteiger partial charge in [-0.25, -0.2) is 4.68 Å². The van der Waals surface area contributed by atoms with Gasteiger partial charge in [0.2, 0.25) is 5.91 Å². The number of amides is 1. The van der Waals surface area contributed by atoms with E-state index in [1.54, 1.807) is 0 Å². The zero-order valence-electron chi connectivity index (χ0n) is 15.9. The number of likely N-dealkylation sites (N-methyl/N-ethyl adjacent to an activating group) is 2. The summed E-state index contributed by atoms with van der Waals surface area (Å²) in [5.74, 6) is 0.141. The summed E-state index contributed by atoms with van der Waals surface area (Å²) in [6.07, 6.45) is 1.41. The summed E-state index contributed by atoms with van der Waals surface area (Å²) in [6.45, 7) is 2.22. The van der Waals surface area contributed by atoms with Crippen LogP contribution in [0.4, 0.5) is 0 Å². The Morgan fingerprint density at radius 2 is 1.89 bits per heavy atom. The van der Waals surface area contributed by atoms with E-state index in [0.717, 1.165) is 30.5 Å². The van der Waals surface area contributed by atoms with Crippen LogP contribution in [0, 0.1) is 0 Å². The van der Waals surface area contributed by atoms with Gasteiger partial charge in [-0.1, -0.05) is 41.6 Å². The first-order valence-corrected chi connectivity index (χ1v) is 9.41. The van der Waals surface area contributed by atoms with Crippen LogP contribution in [0.25, 0.3) is 11.0 Å². The molecule has 0 fully saturated rings. The maximum atomic E-state index is 12.6. The highest BCUT2D eigenvalue weighted by atomic mass is 16.2. The second kappa shape index (κ2) is 7.48. The number of hydrogen-bond donors (Lipinski definition) is 0. The molecule has 0 radical (unpaired) electrons. The number of rotatable bonds is 5. The third kappa shape index (κ3) is 3.71. The van der Waals surface area contributed by atoms with Crippen molar-refractivity contribution in [2.24, 2.45) is 0 Å². The van der Waals surface area contributed by atoms with Crippen molar-refractivity contribution >= 4 is 16.9 Å². The highest BCUT2D eigenvalue weighted by molar-refractivity contribution is 5.77. The first kappa shape index (κ1) is 17.7. The molecule has 0 spiro atoms. The average Bonchev–Trinajstić information content (AvgIpc) is 3.10. The van der Waals surface area contributed by atoms with Gasteiger partial charge in [0, 0.05) is 32.6 Å². The van der Waals surface area contributed by atoms with E-state index in [9.17, 15) is 4.79 Å². The van der Waals surface area contributed by atoms with Crippen molar-refractivity contribution in [2.75, 3.05) is 20.6 Å². The van der Waals surface area contributed by atoms with Gasteiger partial charge in [0.05, 0.1) is 12.1 Å². The van der Waals surface area contributed by atoms with Gasteiger partial charge in [-0.3, -0.25) is 9.69 Å². The second-order valence-corrected chi connectivity index (χ2v) is 7.37. The Bertz CT molecular complexity index is 950. The molecule has 4 rings (SSSR count). The molecule has 0 unspecified atom stereocenters. The smallest absolute Gasteiger partial charge is 0.224 e. The summed E-state index contributed by atoms with van der Waals surface area (Å²) in [6, 6.07) is 16.8. The Balaban J connectivity index is 1.35. The lowest BCUT2D eigenvalue weighted by Crippen LogP contribution is -2.46. The van der Waals surface area contributed by atoms with Gasteiger partial charge in [0.25, 0.3) is 0 Å². The fourth-order valence-electron chi connectivity index (χ4n) is 3.82. The number of nitrogens with zero attached hydrogens (tertiary/aromatic N) is 5. The topological polar surface area (TPSA) is 54.3 Å². The van der Waals surface area contributed by atoms with Crippen LogP contribution in [0.2, 0.25) is 0 Å². The molecule has 1 aliphatic rings. The molecular formula is C21H25N5O. The number of benzene rings is 2. The summed E-state index contributed by atoms with van der Waals surface area (Å²) in [5, 5.41) is 8.31. The molecule has 140 valence electrons. The van der Waals surface area contributed by atoms with Crippen LogP contribution < -0.4 is 0 Å². The molecule has 1 amide bonds. The molecule has 1 aromatic heterocycles. The van der Waals surface area contributed by atoms with Crippen molar-refractivity contribution in [1.29, 1.82) is 0 Å². The van der Waals surface area contributed by atoms with Crippen molar-refractivity contribution in [3.63, 3.8) is 0 Å². The van der Waals surface area contributed by atoms with Crippen LogP contribution in [0.15, 0.2) is 48.5 Å². The molecule has 0 N–H and O–H groups in total. The lowest BCUT2D eigenvalue weighted by atomic mass is 9.94. The van der Waals surface area contributed by atoms with Gasteiger partial charge in [-0.2, -0.15) is 0 Å². The molecule has 27 heavy (non-hydrogen) atoms. The number of fused-ring (bicyclic) bond motifs is 2. The van der Waals surface area contributed by atoms with Gasteiger partial charge in [-0.05, 0) is 36.7 Å². The number of carbonyl (C=O) groups excluding carboxylic acids is 1. The Hall–Kier alpha value is -2.73. The van der Waals surface area contributed by atoms with E-state index in [2.05, 4.69) is 46.5 Å². The lowest BCUT2D eigenvalue weighted by molar-refractivity contribution is -0.130. The monoisotopic (exact) mass is 363 g/mol. The van der Waals surface area contributed by atoms with Crippen molar-refractivity contribution in [3.05, 3.63) is 59.7 Å². The molecule has 0 saturated carbocycles. The molecule has 1 aliphatic heterocycles. The van der Waals surface area contributed by atoms with Crippen molar-refractivity contribution in [3.8, 4) is 0 Å². The van der Waals surface area contributed by atoms with Crippen LogP contribution in [-0.4, -0.2) is 57.4 Å². The quantitative estimate of drug-likeness (QED) is 0.698. The van der Waals surface area contributed by atoms with Crippen LogP contribution in [0.1, 0.15) is 17.5 Å². The lowest BCUT2D eigenvalue weighted by Gasteiger charge is -2.36. The largest absolute Gasteiger partial charge is 0.344 e. The summed E-state index contributed by atoms with van der Waals surface area (Å²) in [4.78, 5) is 16.8. The fourth-order valence-corrected chi connectivity index (χ4v) is 3.82. The number of hydrogen-bond acceptors (Lipinski definition) is 4. The predicted molar refractivity (Wildman–Crippen MR) is 105 cm³/mol. The van der Waals surface area contributed by atoms with Crippen LogP contribution in [0.5, 0.6) is 0 Å². The van der Waals surface area contributed by atoms with E-state index in [4.69, 9.17) is 0 Å². The van der Waals surface area contributed by atoms with E-state index >= 15 is 0 Å². The summed E-state index contributed by atoms with van der Waals surface area (Å²) >= 11 is 0. The van der Waals surface area contributed by atoms with E-state index in [1.807, 2.05) is 40.9 Å². The zero-order valence-corrected chi connectivity index (χ0v) is 15.9. The Morgan fingerprint density at radius 1 is 1.15 bits per heavy atom. The number of aromatic nitrogens is 3. The molecule has 2 heterocycles. The molecule has 0 bridgehead atoms. The number of carbonyl (C=O) groups is 1. The number of aryl methyl sites for hydroxylation is 1. The normalized spacial score (nSPS) is 17.0. The Morgan fingerprint density at radius 3 is 2.74 bits per heavy atom. The highest BCUT2D eigenvalue weighted by Gasteiger charge is 2.25. The number of para-hydroxylation sites is 1. The van der Waals surface area contributed by atoms with Gasteiger partial charge in [-0.15, -0.1) is 5.10 Å². The fraction of sp³-hybridized carbons (Fsp3) is 0.381. The molecule has 0 saturated heterocycles. The van der Waals surface area contributed by atoms with Crippen molar-refractivity contribution in [1.82, 2.24) is 24.8 Å². The third-order valence-corrected chi connectivity index (χ3v) is 5.49. The van der Waals surface area contributed by atoms with Crippen molar-refractivity contribution < 1.29 is 4.79 Å². The van der Waals surface area contributed by atoms with E-state index < -0.39 is 0 Å². The minimum atomic E-state index is 0.141. The predicted octanol–water partition coefficient (Wildman–Crippen LogP) is 2.34. The molecule has 6 nitrogen and oxygen atoms in total. The van der Waals surface area contributed by atoms with Gasteiger partial charge >= 0.3 is 0 Å². The summed E-state index contributed by atoms with van der Waals surface area (Å²) < 4.78 is 1.81. The second-order valence-electron chi connectivity index (χ2n) is 7.37. The Labute approximate surface area is 159 Å². The minimum absolute atomic E-state index is 0.141. The van der Waals surface area contributed by atoms with Crippen LogP contribution in [-0.2, 0) is 24.3 Å². The maximum Gasteiger partial charge on any atom is 0.224 e. The third-order valence-electron chi connectivity index (χ3n) is 5.49. The molecule has 6 heteroatoms. The molecule has 2 aromatic carbocycles. The van der Waals surface area contributed by atoms with Gasteiger partial charge in [0.15, 0.2) is 0 Å². The van der Waals surface area contributed by atoms with Crippen LogP contribution in [0.3, 0.4) is 0 Å². The molecule has 3 aromatic rings. The molecule has 1 atom stereocenters. The average molecular weight is 363 g/mol. The maximum absolute atomic E-state index is 12.6. The Kier molecular flexibility index (Phi) is 4.90. The van der Waals surface area contributed by atoms with E-state index in [0.29, 0.717) is 19.0 Å². The van der Waals surface area contributed by atoms with E-state index in [-0.39, 0.29) is 5.91 Å². The van der Waals surface area contributed by atoms with Gasteiger partial charge in [0.1, 0.15) is 5.52 Å². The minimum Gasteiger partial charge on any atom is -0.344 e. The van der Waals surface area contributed by atoms with Gasteiger partial charge < -0.3 is 4.90 Å². The molecular weight excluding hydrogens is 338 g/mol. The highest BCUT2D eigenvalue weighted by Crippen LogP contribution is 2.22. The summed E-state index contributed by atoms with van der Waals surface area (Å²) in [5.41, 5.74) is 4.62.